The van der Waals surface area contributed by atoms with Crippen LogP contribution in [0.2, 0.25) is 0 Å². The van der Waals surface area contributed by atoms with Gasteiger partial charge in [-0.25, -0.2) is 0 Å². The maximum Gasteiger partial charge on any atom is 0.251 e. The number of hydrogen-bond acceptors (Lipinski definition) is 4. The maximum atomic E-state index is 13.0. The number of aromatic nitrogens is 1. The first-order valence-corrected chi connectivity index (χ1v) is 11.9. The van der Waals surface area contributed by atoms with Crippen LogP contribution in [0.1, 0.15) is 70.7 Å². The molecule has 7 atom stereocenters. The summed E-state index contributed by atoms with van der Waals surface area (Å²) in [7, 11) is 0. The number of amides is 2. The molecule has 0 spiro atoms. The van der Waals surface area contributed by atoms with Gasteiger partial charge in [-0.05, 0) is 74.8 Å². The van der Waals surface area contributed by atoms with Crippen molar-refractivity contribution in [3.8, 4) is 0 Å². The van der Waals surface area contributed by atoms with Crippen LogP contribution in [0.15, 0.2) is 24.5 Å². The molecule has 0 aliphatic heterocycles. The largest absolute Gasteiger partial charge is 0.392 e. The number of rotatable bonds is 6. The lowest BCUT2D eigenvalue weighted by molar-refractivity contribution is -0.149. The van der Waals surface area contributed by atoms with Gasteiger partial charge in [0, 0.05) is 43.0 Å². The van der Waals surface area contributed by atoms with Crippen molar-refractivity contribution in [2.45, 2.75) is 72.4 Å². The van der Waals surface area contributed by atoms with E-state index in [4.69, 9.17) is 0 Å². The minimum atomic E-state index is -0.538. The zero-order valence-corrected chi connectivity index (χ0v) is 19.7. The molecule has 31 heavy (non-hydrogen) atoms. The molecule has 2 saturated carbocycles. The lowest BCUT2D eigenvalue weighted by atomic mass is 9.51. The van der Waals surface area contributed by atoms with Crippen LogP contribution in [-0.4, -0.2) is 52.0 Å². The number of carbonyl (C=O) groups excluding carboxylic acids is 2. The third-order valence-electron chi connectivity index (χ3n) is 8.25. The summed E-state index contributed by atoms with van der Waals surface area (Å²) in [5, 5.41) is 14.7. The standard InChI is InChI=1S/C25H39N3O3/c1-6-28(7-2)24(31)16(3)19-8-12-25(5)13-9-20(17(4)21(25)22(19)29)27-23(30)18-10-14-26-15-11-18/h10-11,14-17,19-22,29H,6-9,12-13H2,1-5H3,(H,27,30). The molecule has 0 aromatic carbocycles. The van der Waals surface area contributed by atoms with Gasteiger partial charge in [0.05, 0.1) is 6.10 Å². The second-order valence-electron chi connectivity index (χ2n) is 9.89. The Hall–Kier alpha value is -1.95. The molecule has 3 rings (SSSR count). The molecule has 2 amide bonds. The zero-order valence-electron chi connectivity index (χ0n) is 19.7. The fourth-order valence-electron chi connectivity index (χ4n) is 6.26. The van der Waals surface area contributed by atoms with Gasteiger partial charge in [0.2, 0.25) is 5.91 Å². The third-order valence-corrected chi connectivity index (χ3v) is 8.25. The number of aliphatic hydroxyl groups excluding tert-OH is 1. The van der Waals surface area contributed by atoms with Gasteiger partial charge in [-0.15, -0.1) is 0 Å². The molecule has 1 aromatic rings. The molecular weight excluding hydrogens is 390 g/mol. The van der Waals surface area contributed by atoms with Gasteiger partial charge in [-0.1, -0.05) is 20.8 Å². The van der Waals surface area contributed by atoms with E-state index in [0.29, 0.717) is 18.7 Å². The van der Waals surface area contributed by atoms with E-state index >= 15 is 0 Å². The first-order chi connectivity index (χ1) is 14.7. The van der Waals surface area contributed by atoms with E-state index in [1.807, 2.05) is 25.7 Å². The Labute approximate surface area is 186 Å². The fourth-order valence-corrected chi connectivity index (χ4v) is 6.26. The fraction of sp³-hybridized carbons (Fsp3) is 0.720. The molecule has 6 heteroatoms. The predicted octanol–water partition coefficient (Wildman–Crippen LogP) is 3.51. The molecular formula is C25H39N3O3. The Balaban J connectivity index is 1.75. The summed E-state index contributed by atoms with van der Waals surface area (Å²) in [5.41, 5.74) is 0.654. The van der Waals surface area contributed by atoms with E-state index < -0.39 is 6.10 Å². The highest BCUT2D eigenvalue weighted by Crippen LogP contribution is 2.55. The Morgan fingerprint density at radius 1 is 1.23 bits per heavy atom. The van der Waals surface area contributed by atoms with Crippen LogP contribution in [0.4, 0.5) is 0 Å². The number of nitrogens with one attached hydrogen (secondary N) is 1. The van der Waals surface area contributed by atoms with Crippen LogP contribution in [-0.2, 0) is 4.79 Å². The predicted molar refractivity (Wildman–Crippen MR) is 121 cm³/mol. The quantitative estimate of drug-likeness (QED) is 0.725. The van der Waals surface area contributed by atoms with E-state index in [2.05, 4.69) is 24.1 Å². The Morgan fingerprint density at radius 3 is 2.45 bits per heavy atom. The first kappa shape index (κ1) is 23.7. The molecule has 6 nitrogen and oxygen atoms in total. The molecule has 2 aliphatic rings. The molecule has 1 heterocycles. The monoisotopic (exact) mass is 429 g/mol. The molecule has 0 bridgehead atoms. The van der Waals surface area contributed by atoms with Gasteiger partial charge in [0.1, 0.15) is 0 Å². The molecule has 2 aliphatic carbocycles. The normalized spacial score (nSPS) is 33.8. The smallest absolute Gasteiger partial charge is 0.251 e. The van der Waals surface area contributed by atoms with E-state index in [9.17, 15) is 14.7 Å². The van der Waals surface area contributed by atoms with Gasteiger partial charge in [0.25, 0.3) is 5.91 Å². The second kappa shape index (κ2) is 9.68. The molecule has 1 aromatic heterocycles. The molecule has 2 N–H and O–H groups in total. The number of nitrogens with zero attached hydrogens (tertiary/aromatic N) is 2. The average molecular weight is 430 g/mol. The maximum absolute atomic E-state index is 13.0. The van der Waals surface area contributed by atoms with Gasteiger partial charge in [-0.2, -0.15) is 0 Å². The molecule has 2 fully saturated rings. The van der Waals surface area contributed by atoms with Crippen molar-refractivity contribution in [2.75, 3.05) is 13.1 Å². The number of hydrogen-bond donors (Lipinski definition) is 2. The summed E-state index contributed by atoms with van der Waals surface area (Å²) in [6.45, 7) is 11.8. The molecule has 7 unspecified atom stereocenters. The highest BCUT2D eigenvalue weighted by Gasteiger charge is 2.54. The number of fused-ring (bicyclic) bond motifs is 1. The molecule has 0 radical (unpaired) electrons. The Kier molecular flexibility index (Phi) is 7.40. The zero-order chi connectivity index (χ0) is 22.8. The topological polar surface area (TPSA) is 82.5 Å². The minimum absolute atomic E-state index is 0.0148. The lowest BCUT2D eigenvalue weighted by Gasteiger charge is -2.56. The summed E-state index contributed by atoms with van der Waals surface area (Å²) in [4.78, 5) is 31.6. The molecule has 172 valence electrons. The minimum Gasteiger partial charge on any atom is -0.392 e. The summed E-state index contributed by atoms with van der Waals surface area (Å²) in [6.07, 6.45) is 6.50. The summed E-state index contributed by atoms with van der Waals surface area (Å²) in [6, 6.07) is 3.46. The van der Waals surface area contributed by atoms with Crippen molar-refractivity contribution < 1.29 is 14.7 Å². The van der Waals surface area contributed by atoms with E-state index in [1.165, 1.54) is 0 Å². The highest BCUT2D eigenvalue weighted by molar-refractivity contribution is 5.94. The first-order valence-electron chi connectivity index (χ1n) is 11.9. The van der Waals surface area contributed by atoms with Gasteiger partial charge >= 0.3 is 0 Å². The Morgan fingerprint density at radius 2 is 1.84 bits per heavy atom. The van der Waals surface area contributed by atoms with Crippen LogP contribution in [0, 0.1) is 29.1 Å². The summed E-state index contributed by atoms with van der Waals surface area (Å²) in [5.74, 6) is 0.0212. The number of aliphatic hydroxyl groups is 1. The summed E-state index contributed by atoms with van der Waals surface area (Å²) >= 11 is 0. The van der Waals surface area contributed by atoms with Crippen molar-refractivity contribution in [1.82, 2.24) is 15.2 Å². The van der Waals surface area contributed by atoms with Crippen molar-refractivity contribution in [2.24, 2.45) is 29.1 Å². The van der Waals surface area contributed by atoms with E-state index in [0.717, 1.165) is 25.7 Å². The lowest BCUT2D eigenvalue weighted by Crippen LogP contribution is -2.58. The average Bonchev–Trinajstić information content (AvgIpc) is 2.76. The van der Waals surface area contributed by atoms with Gasteiger partial charge in [-0.3, -0.25) is 14.6 Å². The van der Waals surface area contributed by atoms with Crippen LogP contribution in [0.25, 0.3) is 0 Å². The van der Waals surface area contributed by atoms with Crippen LogP contribution >= 0.6 is 0 Å². The van der Waals surface area contributed by atoms with Gasteiger partial charge in [0.15, 0.2) is 0 Å². The van der Waals surface area contributed by atoms with Crippen LogP contribution in [0.3, 0.4) is 0 Å². The van der Waals surface area contributed by atoms with E-state index in [-0.39, 0.29) is 46.9 Å². The number of carbonyl (C=O) groups is 2. The summed E-state index contributed by atoms with van der Waals surface area (Å²) < 4.78 is 0. The Bertz CT molecular complexity index is 767. The highest BCUT2D eigenvalue weighted by atomic mass is 16.3. The van der Waals surface area contributed by atoms with Crippen molar-refractivity contribution in [3.05, 3.63) is 30.1 Å². The second-order valence-corrected chi connectivity index (χ2v) is 9.89. The molecule has 0 saturated heterocycles. The van der Waals surface area contributed by atoms with Crippen molar-refractivity contribution in [3.63, 3.8) is 0 Å². The van der Waals surface area contributed by atoms with Crippen LogP contribution < -0.4 is 5.32 Å². The van der Waals surface area contributed by atoms with Crippen molar-refractivity contribution in [1.29, 1.82) is 0 Å². The van der Waals surface area contributed by atoms with Crippen molar-refractivity contribution >= 4 is 11.8 Å². The SMILES string of the molecule is CCN(CC)C(=O)C(C)C1CCC2(C)CCC(NC(=O)c3ccncc3)C(C)C2C1O. The number of pyridine rings is 1. The van der Waals surface area contributed by atoms with Crippen LogP contribution in [0.5, 0.6) is 0 Å². The third kappa shape index (κ3) is 4.64. The van der Waals surface area contributed by atoms with E-state index in [1.54, 1.807) is 24.5 Å². The van der Waals surface area contributed by atoms with Gasteiger partial charge < -0.3 is 15.3 Å².